The molecule has 1 aliphatic rings. The molecule has 0 saturated carbocycles. The number of hydrogen-bond acceptors (Lipinski definition) is 2. The predicted octanol–water partition coefficient (Wildman–Crippen LogP) is 6.66. The molecule has 0 fully saturated rings. The maximum Gasteiger partial charge on any atom is 0.269 e. The maximum atomic E-state index is 11.9. The molecule has 0 radical (unpaired) electrons. The number of benzene rings is 5. The van der Waals surface area contributed by atoms with Crippen molar-refractivity contribution in [3.05, 3.63) is 155 Å². The first kappa shape index (κ1) is 21.5. The zero-order valence-electron chi connectivity index (χ0n) is 19.0. The van der Waals surface area contributed by atoms with Crippen LogP contribution in [0.25, 0.3) is 11.1 Å². The molecule has 0 aromatic heterocycles. The monoisotopic (exact) mass is 472 g/mol. The standard InChI is InChI=1S/C31H23NO2P/c33-32(34)23-20-21-28-27-18-10-11-19-29(27)31(30(28)22-23)35(24-12-4-1-5-13-24,25-14-6-2-7-15-25)26-16-8-3-9-17-26/h1-22,31H/q+1/t31-/m1/s1. The third-order valence-corrected chi connectivity index (χ3v) is 11.6. The summed E-state index contributed by atoms with van der Waals surface area (Å²) in [6.07, 6.45) is 0. The van der Waals surface area contributed by atoms with Crippen molar-refractivity contribution in [3.8, 4) is 11.1 Å². The number of nitro benzene ring substituents is 1. The van der Waals surface area contributed by atoms with E-state index in [1.807, 2.05) is 12.1 Å². The zero-order valence-corrected chi connectivity index (χ0v) is 19.9. The molecule has 1 atom stereocenters. The van der Waals surface area contributed by atoms with Gasteiger partial charge in [0.1, 0.15) is 28.8 Å². The molecule has 35 heavy (non-hydrogen) atoms. The molecule has 0 heterocycles. The lowest BCUT2D eigenvalue weighted by Gasteiger charge is -2.34. The van der Waals surface area contributed by atoms with Gasteiger partial charge < -0.3 is 0 Å². The fourth-order valence-electron chi connectivity index (χ4n) is 5.58. The fourth-order valence-corrected chi connectivity index (χ4v) is 10.6. The minimum absolute atomic E-state index is 0.0409. The second kappa shape index (κ2) is 8.61. The third-order valence-electron chi connectivity index (χ3n) is 6.96. The normalized spacial score (nSPS) is 14.2. The molecule has 0 saturated heterocycles. The van der Waals surface area contributed by atoms with Crippen LogP contribution in [-0.4, -0.2) is 4.92 Å². The van der Waals surface area contributed by atoms with E-state index < -0.39 is 7.26 Å². The highest BCUT2D eigenvalue weighted by molar-refractivity contribution is 7.96. The Balaban J connectivity index is 1.79. The van der Waals surface area contributed by atoms with Crippen molar-refractivity contribution in [2.75, 3.05) is 0 Å². The number of hydrogen-bond donors (Lipinski definition) is 0. The number of nitro groups is 1. The molecule has 0 bridgehead atoms. The van der Waals surface area contributed by atoms with Gasteiger partial charge in [0, 0.05) is 23.3 Å². The zero-order chi connectivity index (χ0) is 23.8. The Kier molecular flexibility index (Phi) is 5.28. The average Bonchev–Trinajstić information content (AvgIpc) is 3.25. The minimum Gasteiger partial charge on any atom is -0.258 e. The largest absolute Gasteiger partial charge is 0.269 e. The van der Waals surface area contributed by atoms with E-state index in [4.69, 9.17) is 0 Å². The highest BCUT2D eigenvalue weighted by Crippen LogP contribution is 2.72. The smallest absolute Gasteiger partial charge is 0.258 e. The number of non-ortho nitro benzene ring substituents is 1. The van der Waals surface area contributed by atoms with E-state index in [1.165, 1.54) is 21.5 Å². The second-order valence-corrected chi connectivity index (χ2v) is 12.3. The van der Waals surface area contributed by atoms with Gasteiger partial charge in [-0.15, -0.1) is 0 Å². The summed E-state index contributed by atoms with van der Waals surface area (Å²) < 4.78 is 0. The number of rotatable bonds is 5. The van der Waals surface area contributed by atoms with Crippen LogP contribution in [-0.2, 0) is 0 Å². The van der Waals surface area contributed by atoms with Gasteiger partial charge in [-0.2, -0.15) is 0 Å². The van der Waals surface area contributed by atoms with E-state index in [2.05, 4.69) is 115 Å². The van der Waals surface area contributed by atoms with E-state index in [-0.39, 0.29) is 16.3 Å². The van der Waals surface area contributed by atoms with Crippen LogP contribution in [0.15, 0.2) is 133 Å². The molecule has 1 aliphatic carbocycles. The van der Waals surface area contributed by atoms with Gasteiger partial charge in [0.15, 0.2) is 0 Å². The number of nitrogens with zero attached hydrogens (tertiary/aromatic N) is 1. The van der Waals surface area contributed by atoms with Crippen LogP contribution in [0.2, 0.25) is 0 Å². The molecule has 0 amide bonds. The summed E-state index contributed by atoms with van der Waals surface area (Å²) in [4.78, 5) is 11.6. The number of fused-ring (bicyclic) bond motifs is 3. The molecule has 168 valence electrons. The molecular weight excluding hydrogens is 449 g/mol. The van der Waals surface area contributed by atoms with Gasteiger partial charge in [-0.05, 0) is 53.6 Å². The molecule has 5 aromatic carbocycles. The lowest BCUT2D eigenvalue weighted by atomic mass is 10.1. The summed E-state index contributed by atoms with van der Waals surface area (Å²) in [5, 5.41) is 15.6. The lowest BCUT2D eigenvalue weighted by molar-refractivity contribution is -0.384. The van der Waals surface area contributed by atoms with E-state index in [0.29, 0.717) is 0 Å². The summed E-state index contributed by atoms with van der Waals surface area (Å²) in [7, 11) is -2.34. The van der Waals surface area contributed by atoms with Gasteiger partial charge >= 0.3 is 0 Å². The molecule has 0 aliphatic heterocycles. The molecule has 0 unspecified atom stereocenters. The first-order valence-electron chi connectivity index (χ1n) is 11.6. The molecule has 3 nitrogen and oxygen atoms in total. The Labute approximate surface area is 205 Å². The van der Waals surface area contributed by atoms with Crippen LogP contribution in [0.3, 0.4) is 0 Å². The van der Waals surface area contributed by atoms with Crippen molar-refractivity contribution < 1.29 is 4.92 Å². The molecule has 6 rings (SSSR count). The van der Waals surface area contributed by atoms with Crippen LogP contribution in [0.4, 0.5) is 5.69 Å². The molecule has 5 aromatic rings. The molecule has 0 N–H and O–H groups in total. The van der Waals surface area contributed by atoms with Crippen molar-refractivity contribution in [3.63, 3.8) is 0 Å². The Morgan fingerprint density at radius 1 is 0.543 bits per heavy atom. The highest BCUT2D eigenvalue weighted by Gasteiger charge is 2.57. The SMILES string of the molecule is O=[N+]([O-])c1ccc2c(c1)[C@H]([P+](c1ccccc1)(c1ccccc1)c1ccccc1)c1ccccc1-2. The highest BCUT2D eigenvalue weighted by atomic mass is 31.2. The van der Waals surface area contributed by atoms with Crippen LogP contribution >= 0.6 is 7.26 Å². The summed E-state index contributed by atoms with van der Waals surface area (Å²) in [5.41, 5.74) is 4.60. The van der Waals surface area contributed by atoms with Gasteiger partial charge in [-0.1, -0.05) is 78.9 Å². The first-order valence-corrected chi connectivity index (χ1v) is 13.5. The third kappa shape index (κ3) is 3.31. The van der Waals surface area contributed by atoms with Gasteiger partial charge in [0.25, 0.3) is 5.69 Å². The summed E-state index contributed by atoms with van der Waals surface area (Å²) in [5.74, 6) is 0. The summed E-state index contributed by atoms with van der Waals surface area (Å²) in [6.45, 7) is 0. The van der Waals surface area contributed by atoms with Crippen molar-refractivity contribution >= 4 is 28.9 Å². The summed E-state index contributed by atoms with van der Waals surface area (Å²) >= 11 is 0. The Hall–Kier alpha value is -4.07. The minimum atomic E-state index is -2.34. The van der Waals surface area contributed by atoms with Crippen LogP contribution in [0, 0.1) is 10.1 Å². The maximum absolute atomic E-state index is 11.9. The van der Waals surface area contributed by atoms with Crippen LogP contribution < -0.4 is 15.9 Å². The van der Waals surface area contributed by atoms with Crippen molar-refractivity contribution in [2.45, 2.75) is 5.66 Å². The van der Waals surface area contributed by atoms with Crippen LogP contribution in [0.5, 0.6) is 0 Å². The fraction of sp³-hybridized carbons (Fsp3) is 0.0323. The van der Waals surface area contributed by atoms with Crippen molar-refractivity contribution in [1.82, 2.24) is 0 Å². The van der Waals surface area contributed by atoms with E-state index in [1.54, 1.807) is 6.07 Å². The van der Waals surface area contributed by atoms with Gasteiger partial charge in [0.2, 0.25) is 0 Å². The van der Waals surface area contributed by atoms with E-state index >= 15 is 0 Å². The first-order chi connectivity index (χ1) is 17.2. The molecule has 0 spiro atoms. The topological polar surface area (TPSA) is 43.1 Å². The quantitative estimate of drug-likeness (QED) is 0.163. The predicted molar refractivity (Wildman–Crippen MR) is 146 cm³/mol. The van der Waals surface area contributed by atoms with Gasteiger partial charge in [-0.3, -0.25) is 10.1 Å². The molecular formula is C31H23NO2P+. The molecule has 4 heteroatoms. The lowest BCUT2D eigenvalue weighted by Crippen LogP contribution is -2.35. The summed E-state index contributed by atoms with van der Waals surface area (Å²) in [6, 6.07) is 46.0. The van der Waals surface area contributed by atoms with E-state index in [0.717, 1.165) is 16.7 Å². The van der Waals surface area contributed by atoms with Crippen LogP contribution in [0.1, 0.15) is 16.8 Å². The Morgan fingerprint density at radius 3 is 1.51 bits per heavy atom. The van der Waals surface area contributed by atoms with Gasteiger partial charge in [0.05, 0.1) is 4.92 Å². The Bertz CT molecular complexity index is 1420. The van der Waals surface area contributed by atoms with Crippen molar-refractivity contribution in [2.24, 2.45) is 0 Å². The average molecular weight is 473 g/mol. The van der Waals surface area contributed by atoms with Gasteiger partial charge in [-0.25, -0.2) is 0 Å². The Morgan fingerprint density at radius 2 is 1.00 bits per heavy atom. The van der Waals surface area contributed by atoms with E-state index in [9.17, 15) is 10.1 Å². The van der Waals surface area contributed by atoms with Crippen molar-refractivity contribution in [1.29, 1.82) is 0 Å². The second-order valence-electron chi connectivity index (χ2n) is 8.75.